The van der Waals surface area contributed by atoms with Crippen LogP contribution in [0.2, 0.25) is 0 Å². The number of amides is 1. The zero-order valence-electron chi connectivity index (χ0n) is 12.8. The van der Waals surface area contributed by atoms with Crippen molar-refractivity contribution in [2.45, 2.75) is 39.0 Å². The molecule has 23 heavy (non-hydrogen) atoms. The van der Waals surface area contributed by atoms with Crippen LogP contribution in [0.4, 0.5) is 13.2 Å². The smallest absolute Gasteiger partial charge is 0.324 e. The molecule has 1 amide bonds. The van der Waals surface area contributed by atoms with Crippen molar-refractivity contribution in [3.05, 3.63) is 30.1 Å². The topological polar surface area (TPSA) is 38.1 Å². The van der Waals surface area contributed by atoms with Crippen molar-refractivity contribution < 1.29 is 18.0 Å². The predicted octanol–water partition coefficient (Wildman–Crippen LogP) is 3.66. The summed E-state index contributed by atoms with van der Waals surface area (Å²) in [5, 5.41) is 0. The van der Waals surface area contributed by atoms with Crippen LogP contribution >= 0.6 is 0 Å². The van der Waals surface area contributed by atoms with Gasteiger partial charge in [-0.3, -0.25) is 4.79 Å². The second kappa shape index (κ2) is 5.86. The molecule has 1 aliphatic rings. The predicted molar refractivity (Wildman–Crippen MR) is 79.5 cm³/mol. The van der Waals surface area contributed by atoms with Crippen LogP contribution in [0.3, 0.4) is 0 Å². The highest BCUT2D eigenvalue weighted by Gasteiger charge is 2.39. The number of hydrogen-bond donors (Lipinski definition) is 0. The van der Waals surface area contributed by atoms with Gasteiger partial charge in [-0.15, -0.1) is 0 Å². The molecule has 0 radical (unpaired) electrons. The molecule has 4 nitrogen and oxygen atoms in total. The Morgan fingerprint density at radius 3 is 2.74 bits per heavy atom. The number of halogens is 3. The van der Waals surface area contributed by atoms with Gasteiger partial charge in [-0.2, -0.15) is 13.2 Å². The van der Waals surface area contributed by atoms with Gasteiger partial charge in [0, 0.05) is 13.0 Å². The van der Waals surface area contributed by atoms with E-state index < -0.39 is 12.0 Å². The summed E-state index contributed by atoms with van der Waals surface area (Å²) in [5.41, 5.74) is 0.683. The van der Waals surface area contributed by atoms with Crippen LogP contribution in [-0.4, -0.2) is 26.9 Å². The number of alkyl halides is 3. The molecule has 2 aromatic rings. The van der Waals surface area contributed by atoms with Gasteiger partial charge in [0.2, 0.25) is 11.7 Å². The number of carbonyl (C=O) groups is 1. The second-order valence-electron chi connectivity index (χ2n) is 5.97. The van der Waals surface area contributed by atoms with Gasteiger partial charge in [0.1, 0.15) is 0 Å². The highest BCUT2D eigenvalue weighted by molar-refractivity contribution is 5.79. The van der Waals surface area contributed by atoms with Crippen molar-refractivity contribution in [3.63, 3.8) is 0 Å². The van der Waals surface area contributed by atoms with Crippen molar-refractivity contribution in [2.75, 3.05) is 6.54 Å². The summed E-state index contributed by atoms with van der Waals surface area (Å²) < 4.78 is 40.9. The van der Waals surface area contributed by atoms with E-state index in [4.69, 9.17) is 0 Å². The van der Waals surface area contributed by atoms with Gasteiger partial charge in [-0.25, -0.2) is 4.98 Å². The summed E-state index contributed by atoms with van der Waals surface area (Å²) in [6.45, 7) is 2.45. The molecule has 1 unspecified atom stereocenters. The van der Waals surface area contributed by atoms with Crippen molar-refractivity contribution >= 4 is 16.9 Å². The van der Waals surface area contributed by atoms with Crippen LogP contribution in [0.1, 0.15) is 32.0 Å². The van der Waals surface area contributed by atoms with Crippen molar-refractivity contribution in [2.24, 2.45) is 5.92 Å². The summed E-state index contributed by atoms with van der Waals surface area (Å²) >= 11 is 0. The average Bonchev–Trinajstić information content (AvgIpc) is 3.01. The normalized spacial score (nSPS) is 19.0. The lowest BCUT2D eigenvalue weighted by atomic mass is 10.0. The van der Waals surface area contributed by atoms with Crippen molar-refractivity contribution in [1.82, 2.24) is 14.5 Å². The molecule has 124 valence electrons. The molecule has 2 heterocycles. The van der Waals surface area contributed by atoms with E-state index >= 15 is 0 Å². The molecule has 7 heteroatoms. The standard InChI is InChI=1S/C16H18F3N3O/c1-2-5-11-8-14(23)21(9-11)10-22-13-7-4-3-6-12(13)20-15(22)16(17,18)19/h3-4,6-7,11H,2,5,8-10H2,1H3. The van der Waals surface area contributed by atoms with Gasteiger partial charge < -0.3 is 9.47 Å². The number of rotatable bonds is 4. The average molecular weight is 325 g/mol. The van der Waals surface area contributed by atoms with E-state index in [0.29, 0.717) is 18.5 Å². The van der Waals surface area contributed by atoms with E-state index in [-0.39, 0.29) is 24.0 Å². The summed E-state index contributed by atoms with van der Waals surface area (Å²) in [6.07, 6.45) is -2.25. The molecular weight excluding hydrogens is 307 g/mol. The fourth-order valence-electron chi connectivity index (χ4n) is 3.20. The third-order valence-corrected chi connectivity index (χ3v) is 4.21. The minimum atomic E-state index is -4.55. The number of hydrogen-bond acceptors (Lipinski definition) is 2. The summed E-state index contributed by atoms with van der Waals surface area (Å²) in [7, 11) is 0. The maximum Gasteiger partial charge on any atom is 0.449 e. The largest absolute Gasteiger partial charge is 0.449 e. The highest BCUT2D eigenvalue weighted by Crippen LogP contribution is 2.32. The Hall–Kier alpha value is -2.05. The van der Waals surface area contributed by atoms with E-state index in [9.17, 15) is 18.0 Å². The zero-order chi connectivity index (χ0) is 16.6. The van der Waals surface area contributed by atoms with Crippen LogP contribution in [-0.2, 0) is 17.6 Å². The molecule has 1 saturated heterocycles. The van der Waals surface area contributed by atoms with E-state index in [1.165, 1.54) is 4.90 Å². The Balaban J connectivity index is 1.95. The number of fused-ring (bicyclic) bond motifs is 1. The van der Waals surface area contributed by atoms with Gasteiger partial charge >= 0.3 is 6.18 Å². The number of nitrogens with zero attached hydrogens (tertiary/aromatic N) is 3. The Bertz CT molecular complexity index is 723. The SMILES string of the molecule is CCCC1CC(=O)N(Cn2c(C(F)(F)F)nc3ccccc32)C1. The summed E-state index contributed by atoms with van der Waals surface area (Å²) in [5.74, 6) is -0.809. The number of benzene rings is 1. The monoisotopic (exact) mass is 325 g/mol. The van der Waals surface area contributed by atoms with E-state index in [2.05, 4.69) is 4.98 Å². The fraction of sp³-hybridized carbons (Fsp3) is 0.500. The van der Waals surface area contributed by atoms with Crippen molar-refractivity contribution in [3.8, 4) is 0 Å². The molecule has 0 aliphatic carbocycles. The molecule has 1 atom stereocenters. The summed E-state index contributed by atoms with van der Waals surface area (Å²) in [4.78, 5) is 17.3. The number of carbonyl (C=O) groups excluding carboxylic acids is 1. The molecule has 1 aromatic carbocycles. The molecule has 1 fully saturated rings. The van der Waals surface area contributed by atoms with E-state index in [0.717, 1.165) is 17.4 Å². The first-order valence-electron chi connectivity index (χ1n) is 7.70. The second-order valence-corrected chi connectivity index (χ2v) is 5.97. The van der Waals surface area contributed by atoms with Crippen LogP contribution in [0.15, 0.2) is 24.3 Å². The van der Waals surface area contributed by atoms with Gasteiger partial charge in [-0.05, 0) is 24.5 Å². The third kappa shape index (κ3) is 3.04. The third-order valence-electron chi connectivity index (χ3n) is 4.21. The number of imidazole rings is 1. The van der Waals surface area contributed by atoms with Gasteiger partial charge in [-0.1, -0.05) is 25.5 Å². The molecule has 1 aromatic heterocycles. The Morgan fingerprint density at radius 1 is 1.30 bits per heavy atom. The highest BCUT2D eigenvalue weighted by atomic mass is 19.4. The number of aromatic nitrogens is 2. The van der Waals surface area contributed by atoms with E-state index in [1.807, 2.05) is 6.92 Å². The van der Waals surface area contributed by atoms with Crippen LogP contribution in [0, 0.1) is 5.92 Å². The molecule has 0 saturated carbocycles. The minimum Gasteiger partial charge on any atom is -0.324 e. The van der Waals surface area contributed by atoms with Crippen LogP contribution in [0.25, 0.3) is 11.0 Å². The first kappa shape index (κ1) is 15.8. The first-order valence-corrected chi connectivity index (χ1v) is 7.70. The van der Waals surface area contributed by atoms with Gasteiger partial charge in [0.15, 0.2) is 0 Å². The van der Waals surface area contributed by atoms with E-state index in [1.54, 1.807) is 24.3 Å². The fourth-order valence-corrected chi connectivity index (χ4v) is 3.20. The Kier molecular flexibility index (Phi) is 4.04. The maximum atomic E-state index is 13.3. The lowest BCUT2D eigenvalue weighted by Crippen LogP contribution is -2.30. The van der Waals surface area contributed by atoms with Gasteiger partial charge in [0.25, 0.3) is 0 Å². The lowest BCUT2D eigenvalue weighted by molar-refractivity contribution is -0.149. The van der Waals surface area contributed by atoms with Crippen molar-refractivity contribution in [1.29, 1.82) is 0 Å². The number of likely N-dealkylation sites (tertiary alicyclic amines) is 1. The lowest BCUT2D eigenvalue weighted by Gasteiger charge is -2.20. The molecule has 0 spiro atoms. The number of para-hydroxylation sites is 2. The zero-order valence-corrected chi connectivity index (χ0v) is 12.8. The molecule has 0 N–H and O–H groups in total. The van der Waals surface area contributed by atoms with Gasteiger partial charge in [0.05, 0.1) is 17.7 Å². The van der Waals surface area contributed by atoms with Crippen LogP contribution < -0.4 is 0 Å². The maximum absolute atomic E-state index is 13.3. The molecular formula is C16H18F3N3O. The first-order chi connectivity index (χ1) is 10.9. The van der Waals surface area contributed by atoms with Crippen LogP contribution in [0.5, 0.6) is 0 Å². The Labute approximate surface area is 131 Å². The minimum absolute atomic E-state index is 0.0886. The quantitative estimate of drug-likeness (QED) is 0.860. The molecule has 0 bridgehead atoms. The Morgan fingerprint density at radius 2 is 2.04 bits per heavy atom. The molecule has 1 aliphatic heterocycles. The summed E-state index contributed by atoms with van der Waals surface area (Å²) in [6, 6.07) is 6.47. The molecule has 3 rings (SSSR count).